The Morgan fingerprint density at radius 2 is 1.87 bits per heavy atom. The van der Waals surface area contributed by atoms with Crippen molar-refractivity contribution in [2.45, 2.75) is 25.8 Å². The Labute approximate surface area is 183 Å². The molecule has 31 heavy (non-hydrogen) atoms. The van der Waals surface area contributed by atoms with Crippen LogP contribution in [0.15, 0.2) is 47.3 Å². The second-order valence-electron chi connectivity index (χ2n) is 8.38. The van der Waals surface area contributed by atoms with Crippen molar-refractivity contribution in [3.05, 3.63) is 63.8 Å². The van der Waals surface area contributed by atoms with Crippen LogP contribution in [0.1, 0.15) is 19.3 Å². The minimum Gasteiger partial charge on any atom is -0.342 e. The molecule has 0 bridgehead atoms. The first-order valence-corrected chi connectivity index (χ1v) is 10.9. The first kappa shape index (κ1) is 20.0. The third-order valence-electron chi connectivity index (χ3n) is 6.11. The van der Waals surface area contributed by atoms with Crippen molar-refractivity contribution in [3.8, 4) is 22.5 Å². The third-order valence-corrected chi connectivity index (χ3v) is 6.36. The zero-order valence-corrected chi connectivity index (χ0v) is 17.6. The molecule has 3 aromatic rings. The van der Waals surface area contributed by atoms with Crippen LogP contribution in [0.3, 0.4) is 0 Å². The van der Waals surface area contributed by atoms with Gasteiger partial charge in [-0.25, -0.2) is 14.3 Å². The smallest absolute Gasteiger partial charge is 0.342 e. The van der Waals surface area contributed by atoms with E-state index in [9.17, 15) is 9.59 Å². The lowest BCUT2D eigenvalue weighted by Crippen LogP contribution is -2.31. The Morgan fingerprint density at radius 1 is 1.13 bits per heavy atom. The molecule has 0 spiro atoms. The van der Waals surface area contributed by atoms with Crippen molar-refractivity contribution < 1.29 is 9.18 Å². The largest absolute Gasteiger partial charge is 0.343 e. The van der Waals surface area contributed by atoms with Gasteiger partial charge in [-0.05, 0) is 60.6 Å². The molecule has 160 valence electrons. The number of carbonyl (C=O) groups excluding carboxylic acids is 1. The number of rotatable bonds is 5. The molecule has 2 heterocycles. The van der Waals surface area contributed by atoms with Crippen molar-refractivity contribution in [3.63, 3.8) is 0 Å². The quantitative estimate of drug-likeness (QED) is 0.652. The Kier molecular flexibility index (Phi) is 5.14. The van der Waals surface area contributed by atoms with Crippen LogP contribution >= 0.6 is 11.6 Å². The third kappa shape index (κ3) is 4.02. The summed E-state index contributed by atoms with van der Waals surface area (Å²) in [5.41, 5.74) is 1.45. The molecule has 1 N–H and O–H groups in total. The SMILES string of the molecule is O=C(C1CC1)N1CCC(Cn2c(-c3ccc(-c4ccc(Cl)cc4)cc3F)n[nH]c2=O)C1. The molecule has 2 aliphatic rings. The molecule has 1 saturated heterocycles. The van der Waals surface area contributed by atoms with E-state index in [0.29, 0.717) is 30.2 Å². The lowest BCUT2D eigenvalue weighted by Gasteiger charge is -2.16. The normalized spacial score (nSPS) is 18.5. The minimum absolute atomic E-state index is 0.146. The molecule has 5 rings (SSSR count). The predicted molar refractivity (Wildman–Crippen MR) is 116 cm³/mol. The highest BCUT2D eigenvalue weighted by molar-refractivity contribution is 6.30. The highest BCUT2D eigenvalue weighted by Crippen LogP contribution is 2.33. The second-order valence-corrected chi connectivity index (χ2v) is 8.81. The van der Waals surface area contributed by atoms with Crippen LogP contribution in [0.5, 0.6) is 0 Å². The van der Waals surface area contributed by atoms with Gasteiger partial charge in [0.1, 0.15) is 5.82 Å². The average molecular weight is 441 g/mol. The zero-order chi connectivity index (χ0) is 21.5. The molecule has 2 aromatic carbocycles. The van der Waals surface area contributed by atoms with Crippen molar-refractivity contribution in [1.82, 2.24) is 19.7 Å². The molecule has 1 saturated carbocycles. The number of carbonyl (C=O) groups is 1. The summed E-state index contributed by atoms with van der Waals surface area (Å²) in [6, 6.07) is 12.1. The van der Waals surface area contributed by atoms with E-state index < -0.39 is 5.82 Å². The van der Waals surface area contributed by atoms with Gasteiger partial charge in [-0.2, -0.15) is 5.10 Å². The van der Waals surface area contributed by atoms with Gasteiger partial charge in [-0.3, -0.25) is 9.36 Å². The van der Waals surface area contributed by atoms with E-state index in [-0.39, 0.29) is 34.8 Å². The van der Waals surface area contributed by atoms with Crippen LogP contribution in [0, 0.1) is 17.7 Å². The number of amides is 1. The van der Waals surface area contributed by atoms with Crippen molar-refractivity contribution in [1.29, 1.82) is 0 Å². The number of aromatic amines is 1. The van der Waals surface area contributed by atoms with Gasteiger partial charge in [0.2, 0.25) is 5.91 Å². The van der Waals surface area contributed by atoms with Gasteiger partial charge in [0.05, 0.1) is 5.56 Å². The summed E-state index contributed by atoms with van der Waals surface area (Å²) < 4.78 is 16.5. The Bertz CT molecular complexity index is 1180. The van der Waals surface area contributed by atoms with Gasteiger partial charge in [0.15, 0.2) is 5.82 Å². The molecule has 0 radical (unpaired) electrons. The predicted octanol–water partition coefficient (Wildman–Crippen LogP) is 3.96. The van der Waals surface area contributed by atoms with Crippen LogP contribution in [0.25, 0.3) is 22.5 Å². The van der Waals surface area contributed by atoms with E-state index in [4.69, 9.17) is 11.6 Å². The van der Waals surface area contributed by atoms with Crippen LogP contribution in [0.4, 0.5) is 4.39 Å². The van der Waals surface area contributed by atoms with E-state index >= 15 is 4.39 Å². The fraction of sp³-hybridized carbons (Fsp3) is 0.348. The Hall–Kier alpha value is -2.93. The molecule has 2 fully saturated rings. The lowest BCUT2D eigenvalue weighted by molar-refractivity contribution is -0.131. The number of H-pyrrole nitrogens is 1. The topological polar surface area (TPSA) is 71.0 Å². The molecule has 1 aliphatic carbocycles. The van der Waals surface area contributed by atoms with Gasteiger partial charge < -0.3 is 4.90 Å². The summed E-state index contributed by atoms with van der Waals surface area (Å²) in [5.74, 6) is 0.389. The summed E-state index contributed by atoms with van der Waals surface area (Å²) in [5, 5.41) is 7.15. The summed E-state index contributed by atoms with van der Waals surface area (Å²) in [4.78, 5) is 26.6. The molecule has 1 unspecified atom stereocenters. The number of aromatic nitrogens is 3. The van der Waals surface area contributed by atoms with Crippen LogP contribution in [-0.2, 0) is 11.3 Å². The number of hydrogen-bond acceptors (Lipinski definition) is 3. The maximum Gasteiger partial charge on any atom is 0.343 e. The molecular formula is C23H22ClFN4O2. The van der Waals surface area contributed by atoms with Crippen LogP contribution in [0.2, 0.25) is 5.02 Å². The van der Waals surface area contributed by atoms with Gasteiger partial charge in [0, 0.05) is 30.6 Å². The average Bonchev–Trinajstić information content (AvgIpc) is 3.42. The summed E-state index contributed by atoms with van der Waals surface area (Å²) in [6.45, 7) is 1.74. The van der Waals surface area contributed by atoms with Gasteiger partial charge in [-0.15, -0.1) is 0 Å². The molecule has 1 atom stereocenters. The van der Waals surface area contributed by atoms with Crippen molar-refractivity contribution in [2.24, 2.45) is 11.8 Å². The van der Waals surface area contributed by atoms with Crippen molar-refractivity contribution >= 4 is 17.5 Å². The monoisotopic (exact) mass is 440 g/mol. The van der Waals surface area contributed by atoms with Gasteiger partial charge in [-0.1, -0.05) is 29.8 Å². The summed E-state index contributed by atoms with van der Waals surface area (Å²) in [7, 11) is 0. The molecule has 1 amide bonds. The summed E-state index contributed by atoms with van der Waals surface area (Å²) >= 11 is 5.93. The first-order chi connectivity index (χ1) is 15.0. The van der Waals surface area contributed by atoms with E-state index in [0.717, 1.165) is 24.8 Å². The number of hydrogen-bond donors (Lipinski definition) is 1. The fourth-order valence-corrected chi connectivity index (χ4v) is 4.37. The van der Waals surface area contributed by atoms with Crippen LogP contribution < -0.4 is 5.69 Å². The Balaban J connectivity index is 1.37. The van der Waals surface area contributed by atoms with Gasteiger partial charge in [0.25, 0.3) is 0 Å². The van der Waals surface area contributed by atoms with Crippen LogP contribution in [-0.4, -0.2) is 38.7 Å². The number of nitrogens with zero attached hydrogens (tertiary/aromatic N) is 3. The van der Waals surface area contributed by atoms with E-state index in [1.807, 2.05) is 17.0 Å². The highest BCUT2D eigenvalue weighted by atomic mass is 35.5. The van der Waals surface area contributed by atoms with E-state index in [2.05, 4.69) is 10.2 Å². The zero-order valence-electron chi connectivity index (χ0n) is 16.9. The number of nitrogens with one attached hydrogen (secondary N) is 1. The highest BCUT2D eigenvalue weighted by Gasteiger charge is 2.36. The summed E-state index contributed by atoms with van der Waals surface area (Å²) in [6.07, 6.45) is 2.79. The standard InChI is InChI=1S/C23H22ClFN4O2/c24-18-6-3-15(4-7-18)17-5-8-19(20(25)11-17)21-26-27-23(31)29(21)13-14-9-10-28(12-14)22(30)16-1-2-16/h3-8,11,14,16H,1-2,9-10,12-13H2,(H,27,31). The molecule has 8 heteroatoms. The number of likely N-dealkylation sites (tertiary alicyclic amines) is 1. The fourth-order valence-electron chi connectivity index (χ4n) is 4.24. The van der Waals surface area contributed by atoms with E-state index in [1.54, 1.807) is 24.3 Å². The maximum atomic E-state index is 15.0. The maximum absolute atomic E-state index is 15.0. The lowest BCUT2D eigenvalue weighted by atomic mass is 10.0. The van der Waals surface area contributed by atoms with Gasteiger partial charge >= 0.3 is 5.69 Å². The molecule has 1 aliphatic heterocycles. The second kappa shape index (κ2) is 7.96. The first-order valence-electron chi connectivity index (χ1n) is 10.5. The van der Waals surface area contributed by atoms with Crippen molar-refractivity contribution in [2.75, 3.05) is 13.1 Å². The van der Waals surface area contributed by atoms with E-state index in [1.165, 1.54) is 10.6 Å². The molecule has 6 nitrogen and oxygen atoms in total. The number of halogens is 2. The Morgan fingerprint density at radius 3 is 2.58 bits per heavy atom. The minimum atomic E-state index is -0.454. The molecular weight excluding hydrogens is 419 g/mol. The number of benzene rings is 2. The molecule has 1 aromatic heterocycles.